The van der Waals surface area contributed by atoms with E-state index in [2.05, 4.69) is 0 Å². The fourth-order valence-electron chi connectivity index (χ4n) is 3.26. The van der Waals surface area contributed by atoms with E-state index in [9.17, 15) is 9.90 Å². The number of pyridine rings is 1. The van der Waals surface area contributed by atoms with Gasteiger partial charge in [-0.25, -0.2) is 0 Å². The minimum absolute atomic E-state index is 0.0446. The van der Waals surface area contributed by atoms with E-state index in [4.69, 9.17) is 10.7 Å². The molecule has 0 bridgehead atoms. The van der Waals surface area contributed by atoms with Gasteiger partial charge in [0.2, 0.25) is 0 Å². The molecular weight excluding hydrogens is 240 g/mol. The largest absolute Gasteiger partial charge is 0.394 e. The number of Topliss-reactive ketones (excluding diaryl/α,β-unsaturated/α-hetero) is 1. The van der Waals surface area contributed by atoms with Crippen LogP contribution in [-0.2, 0) is 17.6 Å². The van der Waals surface area contributed by atoms with Crippen LogP contribution in [-0.4, -0.2) is 28.0 Å². The van der Waals surface area contributed by atoms with Crippen LogP contribution in [0.25, 0.3) is 0 Å². The average Bonchev–Trinajstić information content (AvgIpc) is 2.82. The van der Waals surface area contributed by atoms with Crippen molar-refractivity contribution >= 4 is 5.78 Å². The maximum atomic E-state index is 11.4. The summed E-state index contributed by atoms with van der Waals surface area (Å²) in [6.45, 7) is 0.0446. The lowest BCUT2D eigenvalue weighted by Gasteiger charge is -2.21. The van der Waals surface area contributed by atoms with Gasteiger partial charge in [-0.3, -0.25) is 9.78 Å². The molecule has 3 rings (SSSR count). The van der Waals surface area contributed by atoms with Gasteiger partial charge in [0.15, 0.2) is 0 Å². The number of fused-ring (bicyclic) bond motifs is 1. The standard InChI is InChI=1S/C15H20N2O2/c16-15(9-18)6-5-11(8-15)14-3-1-10-7-12(19)2-4-13(10)17-14/h1,3,11,18H,2,4-9,16H2. The van der Waals surface area contributed by atoms with Gasteiger partial charge in [-0.1, -0.05) is 6.07 Å². The predicted octanol–water partition coefficient (Wildman–Crippen LogP) is 1.10. The number of nitrogens with two attached hydrogens (primary N) is 1. The van der Waals surface area contributed by atoms with Crippen LogP contribution in [0.1, 0.15) is 48.6 Å². The Bertz CT molecular complexity index is 515. The first-order valence-corrected chi connectivity index (χ1v) is 7.00. The number of ketones is 1. The molecule has 4 heteroatoms. The molecule has 1 aromatic heterocycles. The van der Waals surface area contributed by atoms with Crippen LogP contribution in [0, 0.1) is 0 Å². The van der Waals surface area contributed by atoms with Gasteiger partial charge in [-0.2, -0.15) is 0 Å². The molecule has 4 nitrogen and oxygen atoms in total. The van der Waals surface area contributed by atoms with Crippen LogP contribution in [0.2, 0.25) is 0 Å². The van der Waals surface area contributed by atoms with Crippen LogP contribution in [0.5, 0.6) is 0 Å². The molecule has 0 aromatic carbocycles. The molecule has 0 aliphatic heterocycles. The second-order valence-electron chi connectivity index (χ2n) is 6.02. The lowest BCUT2D eigenvalue weighted by molar-refractivity contribution is -0.118. The Morgan fingerprint density at radius 2 is 2.26 bits per heavy atom. The first-order chi connectivity index (χ1) is 9.09. The van der Waals surface area contributed by atoms with Crippen LogP contribution < -0.4 is 5.73 Å². The quantitative estimate of drug-likeness (QED) is 0.834. The molecule has 0 saturated heterocycles. The van der Waals surface area contributed by atoms with Gasteiger partial charge in [0.1, 0.15) is 5.78 Å². The Morgan fingerprint density at radius 3 is 3.00 bits per heavy atom. The van der Waals surface area contributed by atoms with E-state index in [0.29, 0.717) is 24.5 Å². The van der Waals surface area contributed by atoms with E-state index in [-0.39, 0.29) is 6.61 Å². The van der Waals surface area contributed by atoms with Gasteiger partial charge < -0.3 is 10.8 Å². The highest BCUT2D eigenvalue weighted by Crippen LogP contribution is 2.39. The molecule has 2 aliphatic carbocycles. The third-order valence-corrected chi connectivity index (χ3v) is 4.50. The summed E-state index contributed by atoms with van der Waals surface area (Å²) in [5.41, 5.74) is 8.93. The molecule has 1 saturated carbocycles. The van der Waals surface area contributed by atoms with Gasteiger partial charge in [0.25, 0.3) is 0 Å². The average molecular weight is 260 g/mol. The molecule has 2 aliphatic rings. The Hall–Kier alpha value is -1.26. The lowest BCUT2D eigenvalue weighted by atomic mass is 9.92. The first-order valence-electron chi connectivity index (χ1n) is 7.00. The van der Waals surface area contributed by atoms with E-state index in [1.807, 2.05) is 12.1 Å². The lowest BCUT2D eigenvalue weighted by Crippen LogP contribution is -2.40. The third-order valence-electron chi connectivity index (χ3n) is 4.50. The summed E-state index contributed by atoms with van der Waals surface area (Å²) < 4.78 is 0. The summed E-state index contributed by atoms with van der Waals surface area (Å²) in [7, 11) is 0. The molecule has 3 N–H and O–H groups in total. The number of carbonyl (C=O) groups excluding carboxylic acids is 1. The highest BCUT2D eigenvalue weighted by atomic mass is 16.3. The monoisotopic (exact) mass is 260 g/mol. The Kier molecular flexibility index (Phi) is 3.15. The predicted molar refractivity (Wildman–Crippen MR) is 71.9 cm³/mol. The summed E-state index contributed by atoms with van der Waals surface area (Å²) in [4.78, 5) is 16.2. The Balaban J connectivity index is 1.82. The van der Waals surface area contributed by atoms with Crippen LogP contribution >= 0.6 is 0 Å². The molecule has 102 valence electrons. The van der Waals surface area contributed by atoms with Gasteiger partial charge in [-0.05, 0) is 37.3 Å². The second-order valence-corrected chi connectivity index (χ2v) is 6.02. The van der Waals surface area contributed by atoms with Crippen LogP contribution in [0.15, 0.2) is 12.1 Å². The number of aliphatic hydroxyl groups excluding tert-OH is 1. The van der Waals surface area contributed by atoms with Crippen molar-refractivity contribution in [3.05, 3.63) is 29.1 Å². The van der Waals surface area contributed by atoms with Gasteiger partial charge >= 0.3 is 0 Å². The van der Waals surface area contributed by atoms with Crippen LogP contribution in [0.4, 0.5) is 0 Å². The van der Waals surface area contributed by atoms with Crippen molar-refractivity contribution < 1.29 is 9.90 Å². The SMILES string of the molecule is NC1(CO)CCC(c2ccc3c(n2)CCC(=O)C3)C1. The van der Waals surface area contributed by atoms with Crippen molar-refractivity contribution in [3.8, 4) is 0 Å². The van der Waals surface area contributed by atoms with Crippen LogP contribution in [0.3, 0.4) is 0 Å². The van der Waals surface area contributed by atoms with Gasteiger partial charge in [-0.15, -0.1) is 0 Å². The summed E-state index contributed by atoms with van der Waals surface area (Å²) in [5, 5.41) is 9.33. The molecule has 0 spiro atoms. The van der Waals surface area contributed by atoms with Crippen molar-refractivity contribution in [2.45, 2.75) is 50.0 Å². The Labute approximate surface area is 113 Å². The smallest absolute Gasteiger partial charge is 0.137 e. The van der Waals surface area contributed by atoms with Gasteiger partial charge in [0.05, 0.1) is 6.61 Å². The molecule has 0 amide bonds. The highest BCUT2D eigenvalue weighted by Gasteiger charge is 2.36. The topological polar surface area (TPSA) is 76.2 Å². The summed E-state index contributed by atoms with van der Waals surface area (Å²) in [6.07, 6.45) is 4.56. The maximum absolute atomic E-state index is 11.4. The molecule has 2 unspecified atom stereocenters. The normalized spacial score (nSPS) is 30.4. The van der Waals surface area contributed by atoms with E-state index in [1.165, 1.54) is 0 Å². The van der Waals surface area contributed by atoms with Crippen molar-refractivity contribution in [2.75, 3.05) is 6.61 Å². The zero-order chi connectivity index (χ0) is 13.5. The molecule has 2 atom stereocenters. The minimum atomic E-state index is -0.432. The van der Waals surface area contributed by atoms with E-state index >= 15 is 0 Å². The summed E-state index contributed by atoms with van der Waals surface area (Å²) >= 11 is 0. The molecule has 1 aromatic rings. The molecule has 19 heavy (non-hydrogen) atoms. The molecule has 0 radical (unpaired) electrons. The Morgan fingerprint density at radius 1 is 1.42 bits per heavy atom. The van der Waals surface area contributed by atoms with Crippen molar-refractivity contribution in [2.24, 2.45) is 5.73 Å². The number of aromatic nitrogens is 1. The summed E-state index contributed by atoms with van der Waals surface area (Å²) in [5.74, 6) is 0.657. The number of aliphatic hydroxyl groups is 1. The van der Waals surface area contributed by atoms with E-state index < -0.39 is 5.54 Å². The number of aryl methyl sites for hydroxylation is 1. The van der Waals surface area contributed by atoms with Gasteiger partial charge in [0, 0.05) is 35.7 Å². The number of hydrogen-bond acceptors (Lipinski definition) is 4. The molecule has 1 fully saturated rings. The number of nitrogens with zero attached hydrogens (tertiary/aromatic N) is 1. The van der Waals surface area contributed by atoms with Crippen molar-refractivity contribution in [3.63, 3.8) is 0 Å². The minimum Gasteiger partial charge on any atom is -0.394 e. The number of rotatable bonds is 2. The zero-order valence-corrected chi connectivity index (χ0v) is 11.1. The third kappa shape index (κ3) is 2.42. The summed E-state index contributed by atoms with van der Waals surface area (Å²) in [6, 6.07) is 4.08. The fraction of sp³-hybridized carbons (Fsp3) is 0.600. The maximum Gasteiger partial charge on any atom is 0.137 e. The number of hydrogen-bond donors (Lipinski definition) is 2. The zero-order valence-electron chi connectivity index (χ0n) is 11.1. The first kappa shape index (κ1) is 12.8. The number of carbonyl (C=O) groups is 1. The van der Waals surface area contributed by atoms with Crippen molar-refractivity contribution in [1.82, 2.24) is 4.98 Å². The second kappa shape index (κ2) is 4.69. The van der Waals surface area contributed by atoms with E-state index in [0.717, 1.165) is 42.6 Å². The van der Waals surface area contributed by atoms with E-state index in [1.54, 1.807) is 0 Å². The van der Waals surface area contributed by atoms with Crippen molar-refractivity contribution in [1.29, 1.82) is 0 Å². The molecule has 1 heterocycles. The fourth-order valence-corrected chi connectivity index (χ4v) is 3.26. The highest BCUT2D eigenvalue weighted by molar-refractivity contribution is 5.82. The molecular formula is C15H20N2O2.